The molecule has 1 aliphatic carbocycles. The quantitative estimate of drug-likeness (QED) is 0.644. The van der Waals surface area contributed by atoms with Crippen molar-refractivity contribution in [2.75, 3.05) is 19.8 Å². The molecule has 0 aromatic carbocycles. The van der Waals surface area contributed by atoms with Crippen molar-refractivity contribution in [3.05, 3.63) is 0 Å². The summed E-state index contributed by atoms with van der Waals surface area (Å²) in [7, 11) is 0. The van der Waals surface area contributed by atoms with Crippen LogP contribution in [0.5, 0.6) is 0 Å². The van der Waals surface area contributed by atoms with Crippen LogP contribution in [0.25, 0.3) is 0 Å². The lowest BCUT2D eigenvalue weighted by molar-refractivity contribution is -0.126. The Kier molecular flexibility index (Phi) is 12.2. The van der Waals surface area contributed by atoms with Crippen LogP contribution < -0.4 is 11.1 Å². The Balaban J connectivity index is 0.00000361. The highest BCUT2D eigenvalue weighted by molar-refractivity contribution is 5.85. The Bertz CT molecular complexity index is 246. The molecular weight excluding hydrogens is 276 g/mol. The second-order valence-corrected chi connectivity index (χ2v) is 5.57. The molecule has 0 aromatic heterocycles. The summed E-state index contributed by atoms with van der Waals surface area (Å²) in [5, 5.41) is 3.04. The highest BCUT2D eigenvalue weighted by Gasteiger charge is 2.23. The zero-order valence-electron chi connectivity index (χ0n) is 12.7. The van der Waals surface area contributed by atoms with Crippen LogP contribution in [0, 0.1) is 5.92 Å². The molecule has 0 heterocycles. The molecule has 0 saturated heterocycles. The van der Waals surface area contributed by atoms with Crippen molar-refractivity contribution in [3.8, 4) is 0 Å². The van der Waals surface area contributed by atoms with E-state index in [2.05, 4.69) is 12.2 Å². The SMILES string of the molecule is CCCCCOCC(=O)NC(CN)C1CCCCC1.Cl. The third kappa shape index (κ3) is 8.08. The van der Waals surface area contributed by atoms with Gasteiger partial charge in [0.05, 0.1) is 0 Å². The maximum atomic E-state index is 11.8. The molecule has 20 heavy (non-hydrogen) atoms. The summed E-state index contributed by atoms with van der Waals surface area (Å²) >= 11 is 0. The molecule has 1 amide bonds. The third-order valence-electron chi connectivity index (χ3n) is 3.94. The van der Waals surface area contributed by atoms with Crippen molar-refractivity contribution in [2.45, 2.75) is 64.3 Å². The average molecular weight is 307 g/mol. The molecule has 1 rings (SSSR count). The molecule has 1 aliphatic rings. The first kappa shape index (κ1) is 19.7. The zero-order chi connectivity index (χ0) is 13.9. The molecule has 0 spiro atoms. The summed E-state index contributed by atoms with van der Waals surface area (Å²) in [5.41, 5.74) is 5.79. The van der Waals surface area contributed by atoms with Gasteiger partial charge in [0.1, 0.15) is 6.61 Å². The zero-order valence-corrected chi connectivity index (χ0v) is 13.6. The second kappa shape index (κ2) is 12.4. The first-order valence-electron chi connectivity index (χ1n) is 7.85. The van der Waals surface area contributed by atoms with Crippen molar-refractivity contribution in [2.24, 2.45) is 11.7 Å². The van der Waals surface area contributed by atoms with Gasteiger partial charge < -0.3 is 15.8 Å². The van der Waals surface area contributed by atoms with Crippen molar-refractivity contribution in [1.29, 1.82) is 0 Å². The van der Waals surface area contributed by atoms with E-state index >= 15 is 0 Å². The number of hydrogen-bond acceptors (Lipinski definition) is 3. The summed E-state index contributed by atoms with van der Waals surface area (Å²) in [6.07, 6.45) is 9.62. The number of carbonyl (C=O) groups is 1. The van der Waals surface area contributed by atoms with Crippen LogP contribution in [0.4, 0.5) is 0 Å². The average Bonchev–Trinajstić information content (AvgIpc) is 2.45. The monoisotopic (exact) mass is 306 g/mol. The van der Waals surface area contributed by atoms with E-state index in [1.807, 2.05) is 0 Å². The predicted molar refractivity (Wildman–Crippen MR) is 85.2 cm³/mol. The van der Waals surface area contributed by atoms with Gasteiger partial charge in [-0.1, -0.05) is 39.0 Å². The lowest BCUT2D eigenvalue weighted by Gasteiger charge is -2.30. The number of ether oxygens (including phenoxy) is 1. The fraction of sp³-hybridized carbons (Fsp3) is 0.933. The van der Waals surface area contributed by atoms with E-state index in [1.54, 1.807) is 0 Å². The fourth-order valence-electron chi connectivity index (χ4n) is 2.77. The topological polar surface area (TPSA) is 64.3 Å². The van der Waals surface area contributed by atoms with E-state index < -0.39 is 0 Å². The molecule has 1 atom stereocenters. The maximum Gasteiger partial charge on any atom is 0.246 e. The van der Waals surface area contributed by atoms with Crippen molar-refractivity contribution in [3.63, 3.8) is 0 Å². The van der Waals surface area contributed by atoms with Crippen LogP contribution in [0.1, 0.15) is 58.3 Å². The van der Waals surface area contributed by atoms with Gasteiger partial charge in [-0.3, -0.25) is 4.79 Å². The normalized spacial score (nSPS) is 17.3. The number of halogens is 1. The lowest BCUT2D eigenvalue weighted by Crippen LogP contribution is -2.47. The van der Waals surface area contributed by atoms with Crippen LogP contribution in [0.3, 0.4) is 0 Å². The number of unbranched alkanes of at least 4 members (excludes halogenated alkanes) is 2. The molecule has 0 bridgehead atoms. The molecule has 1 fully saturated rings. The van der Waals surface area contributed by atoms with Gasteiger partial charge in [-0.2, -0.15) is 0 Å². The van der Waals surface area contributed by atoms with Crippen LogP contribution in [-0.2, 0) is 9.53 Å². The van der Waals surface area contributed by atoms with Gasteiger partial charge in [0.15, 0.2) is 0 Å². The summed E-state index contributed by atoms with van der Waals surface area (Å²) in [5.74, 6) is 0.542. The molecule has 4 nitrogen and oxygen atoms in total. The summed E-state index contributed by atoms with van der Waals surface area (Å²) in [6, 6.07) is 0.132. The van der Waals surface area contributed by atoms with Gasteiger partial charge in [-0.05, 0) is 25.2 Å². The molecule has 1 unspecified atom stereocenters. The van der Waals surface area contributed by atoms with Crippen molar-refractivity contribution < 1.29 is 9.53 Å². The summed E-state index contributed by atoms with van der Waals surface area (Å²) in [6.45, 7) is 3.54. The van der Waals surface area contributed by atoms with Crippen LogP contribution in [0.2, 0.25) is 0 Å². The number of carbonyl (C=O) groups excluding carboxylic acids is 1. The number of nitrogens with one attached hydrogen (secondary N) is 1. The van der Waals surface area contributed by atoms with Gasteiger partial charge in [-0.15, -0.1) is 12.4 Å². The van der Waals surface area contributed by atoms with Crippen LogP contribution in [-0.4, -0.2) is 31.7 Å². The molecule has 5 heteroatoms. The Hall–Kier alpha value is -0.320. The molecular formula is C15H31ClN2O2. The van der Waals surface area contributed by atoms with Gasteiger partial charge in [0.2, 0.25) is 5.91 Å². The minimum absolute atomic E-state index is 0. The van der Waals surface area contributed by atoms with E-state index in [1.165, 1.54) is 38.5 Å². The predicted octanol–water partition coefficient (Wildman–Crippen LogP) is 2.64. The number of hydrogen-bond donors (Lipinski definition) is 2. The van der Waals surface area contributed by atoms with Crippen LogP contribution in [0.15, 0.2) is 0 Å². The minimum atomic E-state index is -0.0162. The Morgan fingerprint density at radius 3 is 2.60 bits per heavy atom. The van der Waals surface area contributed by atoms with Gasteiger partial charge in [0.25, 0.3) is 0 Å². The van der Waals surface area contributed by atoms with Crippen molar-refractivity contribution >= 4 is 18.3 Å². The van der Waals surface area contributed by atoms with E-state index in [-0.39, 0.29) is 31.0 Å². The minimum Gasteiger partial charge on any atom is -0.372 e. The molecule has 1 saturated carbocycles. The van der Waals surface area contributed by atoms with Crippen LogP contribution >= 0.6 is 12.4 Å². The van der Waals surface area contributed by atoms with E-state index in [0.29, 0.717) is 19.1 Å². The molecule has 0 aromatic rings. The molecule has 0 radical (unpaired) electrons. The highest BCUT2D eigenvalue weighted by Crippen LogP contribution is 2.26. The Labute approximate surface area is 129 Å². The smallest absolute Gasteiger partial charge is 0.246 e. The fourth-order valence-corrected chi connectivity index (χ4v) is 2.77. The first-order chi connectivity index (χ1) is 9.27. The number of nitrogens with two attached hydrogens (primary N) is 1. The first-order valence-corrected chi connectivity index (χ1v) is 7.85. The second-order valence-electron chi connectivity index (χ2n) is 5.57. The largest absolute Gasteiger partial charge is 0.372 e. The lowest BCUT2D eigenvalue weighted by atomic mass is 9.84. The third-order valence-corrected chi connectivity index (χ3v) is 3.94. The Morgan fingerprint density at radius 1 is 1.30 bits per heavy atom. The van der Waals surface area contributed by atoms with Crippen molar-refractivity contribution in [1.82, 2.24) is 5.32 Å². The number of amides is 1. The van der Waals surface area contributed by atoms with E-state index in [9.17, 15) is 4.79 Å². The highest BCUT2D eigenvalue weighted by atomic mass is 35.5. The van der Waals surface area contributed by atoms with Gasteiger partial charge >= 0.3 is 0 Å². The molecule has 120 valence electrons. The molecule has 0 aliphatic heterocycles. The Morgan fingerprint density at radius 2 is 2.00 bits per heavy atom. The maximum absolute atomic E-state index is 11.8. The number of rotatable bonds is 9. The van der Waals surface area contributed by atoms with E-state index in [4.69, 9.17) is 10.5 Å². The van der Waals surface area contributed by atoms with Gasteiger partial charge in [0, 0.05) is 19.2 Å². The standard InChI is InChI=1S/C15H30N2O2.ClH/c1-2-3-7-10-19-12-15(18)17-14(11-16)13-8-5-4-6-9-13;/h13-14H,2-12,16H2,1H3,(H,17,18);1H. The van der Waals surface area contributed by atoms with E-state index in [0.717, 1.165) is 12.8 Å². The van der Waals surface area contributed by atoms with Gasteiger partial charge in [-0.25, -0.2) is 0 Å². The summed E-state index contributed by atoms with van der Waals surface area (Å²) < 4.78 is 5.38. The molecule has 3 N–H and O–H groups in total. The summed E-state index contributed by atoms with van der Waals surface area (Å²) in [4.78, 5) is 11.8.